The van der Waals surface area contributed by atoms with Gasteiger partial charge in [0.25, 0.3) is 0 Å². The van der Waals surface area contributed by atoms with Crippen molar-refractivity contribution >= 4 is 5.97 Å². The van der Waals surface area contributed by atoms with E-state index in [4.69, 9.17) is 14.6 Å². The van der Waals surface area contributed by atoms with Crippen molar-refractivity contribution in [3.8, 4) is 11.5 Å². The number of halogens is 3. The van der Waals surface area contributed by atoms with Crippen LogP contribution >= 0.6 is 0 Å². The highest BCUT2D eigenvalue weighted by Gasteiger charge is 2.31. The molecule has 0 bridgehead atoms. The van der Waals surface area contributed by atoms with Gasteiger partial charge in [0.2, 0.25) is 0 Å². The predicted molar refractivity (Wildman–Crippen MR) is 114 cm³/mol. The van der Waals surface area contributed by atoms with Gasteiger partial charge in [-0.3, -0.25) is 4.79 Å². The molecule has 2 atom stereocenters. The van der Waals surface area contributed by atoms with Crippen molar-refractivity contribution in [1.82, 2.24) is 0 Å². The van der Waals surface area contributed by atoms with Gasteiger partial charge in [-0.2, -0.15) is 0 Å². The fourth-order valence-corrected chi connectivity index (χ4v) is 4.77. The largest absolute Gasteiger partial charge is 0.492 e. The second-order valence-electron chi connectivity index (χ2n) is 8.46. The van der Waals surface area contributed by atoms with Gasteiger partial charge in [0.15, 0.2) is 0 Å². The topological polar surface area (TPSA) is 55.8 Å². The lowest BCUT2D eigenvalue weighted by molar-refractivity contribution is -0.137. The van der Waals surface area contributed by atoms with Gasteiger partial charge in [0.05, 0.1) is 13.0 Å². The summed E-state index contributed by atoms with van der Waals surface area (Å²) in [6.07, 6.45) is 0.866. The van der Waals surface area contributed by atoms with Gasteiger partial charge in [-0.1, -0.05) is 18.2 Å². The molecule has 5 rings (SSSR count). The third-order valence-electron chi connectivity index (χ3n) is 6.34. The number of fused-ring (bicyclic) bond motifs is 2. The molecule has 4 nitrogen and oxygen atoms in total. The third-order valence-corrected chi connectivity index (χ3v) is 6.34. The molecule has 1 N–H and O–H groups in total. The summed E-state index contributed by atoms with van der Waals surface area (Å²) >= 11 is 0. The molecule has 0 amide bonds. The molecule has 3 aromatic carbocycles. The monoisotopic (exact) mass is 454 g/mol. The molecule has 2 aliphatic rings. The van der Waals surface area contributed by atoms with E-state index in [2.05, 4.69) is 0 Å². The second-order valence-corrected chi connectivity index (χ2v) is 8.46. The molecule has 0 spiro atoms. The first-order valence-electron chi connectivity index (χ1n) is 10.8. The van der Waals surface area contributed by atoms with Crippen LogP contribution in [0.15, 0.2) is 48.5 Å². The number of ether oxygens (including phenoxy) is 2. The third kappa shape index (κ3) is 4.15. The lowest BCUT2D eigenvalue weighted by Gasteiger charge is -2.17. The second kappa shape index (κ2) is 8.46. The highest BCUT2D eigenvalue weighted by molar-refractivity contribution is 5.68. The number of hydrogen-bond donors (Lipinski definition) is 1. The summed E-state index contributed by atoms with van der Waals surface area (Å²) in [5, 5.41) is 9.05. The molecule has 0 saturated carbocycles. The Balaban J connectivity index is 1.38. The minimum atomic E-state index is -0.883. The number of carbonyl (C=O) groups is 1. The Morgan fingerprint density at radius 3 is 2.64 bits per heavy atom. The zero-order valence-electron chi connectivity index (χ0n) is 17.6. The van der Waals surface area contributed by atoms with Crippen molar-refractivity contribution < 1.29 is 32.5 Å². The lowest BCUT2D eigenvalue weighted by Crippen LogP contribution is -2.07. The van der Waals surface area contributed by atoms with Crippen molar-refractivity contribution in [3.05, 3.63) is 93.8 Å². The van der Waals surface area contributed by atoms with Gasteiger partial charge >= 0.3 is 5.97 Å². The first-order chi connectivity index (χ1) is 15.9. The molecule has 0 aromatic heterocycles. The maximum atomic E-state index is 14.8. The summed E-state index contributed by atoms with van der Waals surface area (Å²) in [4.78, 5) is 11.0. The van der Waals surface area contributed by atoms with E-state index < -0.39 is 23.7 Å². The number of carboxylic acid groups (broad SMARTS) is 1. The Kier molecular flexibility index (Phi) is 5.48. The van der Waals surface area contributed by atoms with Gasteiger partial charge in [-0.05, 0) is 47.7 Å². The maximum absolute atomic E-state index is 14.8. The van der Waals surface area contributed by atoms with Gasteiger partial charge < -0.3 is 14.6 Å². The number of aliphatic carboxylic acids is 1. The van der Waals surface area contributed by atoms with Gasteiger partial charge in [-0.25, -0.2) is 13.2 Å². The molecule has 0 saturated heterocycles. The van der Waals surface area contributed by atoms with Crippen LogP contribution in [0, 0.1) is 17.5 Å². The van der Waals surface area contributed by atoms with Crippen molar-refractivity contribution in [2.24, 2.45) is 0 Å². The van der Waals surface area contributed by atoms with E-state index >= 15 is 0 Å². The summed E-state index contributed by atoms with van der Waals surface area (Å²) in [7, 11) is 0. The van der Waals surface area contributed by atoms with Gasteiger partial charge in [0, 0.05) is 35.6 Å². The highest BCUT2D eigenvalue weighted by atomic mass is 19.1. The van der Waals surface area contributed by atoms with Crippen molar-refractivity contribution in [2.75, 3.05) is 6.61 Å². The molecule has 0 radical (unpaired) electrons. The fraction of sp³-hybridized carbons (Fsp3) is 0.269. The highest BCUT2D eigenvalue weighted by Crippen LogP contribution is 2.42. The molecule has 0 fully saturated rings. The predicted octanol–water partition coefficient (Wildman–Crippen LogP) is 5.71. The molecule has 2 unspecified atom stereocenters. The van der Waals surface area contributed by atoms with Crippen LogP contribution in [0.3, 0.4) is 0 Å². The van der Waals surface area contributed by atoms with E-state index in [0.29, 0.717) is 42.1 Å². The molecule has 3 aromatic rings. The van der Waals surface area contributed by atoms with Crippen LogP contribution in [0.2, 0.25) is 0 Å². The number of carboxylic acids is 1. The van der Waals surface area contributed by atoms with Gasteiger partial charge in [-0.15, -0.1) is 0 Å². The Morgan fingerprint density at radius 2 is 1.85 bits per heavy atom. The fourth-order valence-electron chi connectivity index (χ4n) is 4.77. The van der Waals surface area contributed by atoms with E-state index in [-0.39, 0.29) is 24.6 Å². The molecular weight excluding hydrogens is 433 g/mol. The van der Waals surface area contributed by atoms with Crippen molar-refractivity contribution in [2.45, 2.75) is 37.7 Å². The molecule has 33 heavy (non-hydrogen) atoms. The summed E-state index contributed by atoms with van der Waals surface area (Å²) < 4.78 is 53.9. The molecule has 1 aliphatic carbocycles. The zero-order chi connectivity index (χ0) is 23.1. The number of benzene rings is 3. The van der Waals surface area contributed by atoms with Crippen molar-refractivity contribution in [1.29, 1.82) is 0 Å². The van der Waals surface area contributed by atoms with Crippen LogP contribution in [0.5, 0.6) is 11.5 Å². The average Bonchev–Trinajstić information content (AvgIpc) is 3.36. The van der Waals surface area contributed by atoms with E-state index in [9.17, 15) is 18.0 Å². The average molecular weight is 454 g/mol. The van der Waals surface area contributed by atoms with E-state index in [1.54, 1.807) is 24.3 Å². The maximum Gasteiger partial charge on any atom is 0.304 e. The van der Waals surface area contributed by atoms with E-state index in [0.717, 1.165) is 22.8 Å². The first-order valence-corrected chi connectivity index (χ1v) is 10.8. The molecule has 170 valence electrons. The van der Waals surface area contributed by atoms with Crippen LogP contribution in [0.4, 0.5) is 13.2 Å². The first kappa shape index (κ1) is 21.4. The minimum absolute atomic E-state index is 0.00809. The van der Waals surface area contributed by atoms with Crippen LogP contribution < -0.4 is 9.47 Å². The Bertz CT molecular complexity index is 1240. The quantitative estimate of drug-likeness (QED) is 0.518. The number of hydrogen-bond acceptors (Lipinski definition) is 3. The van der Waals surface area contributed by atoms with Crippen molar-refractivity contribution in [3.63, 3.8) is 0 Å². The minimum Gasteiger partial charge on any atom is -0.492 e. The standard InChI is InChI=1S/C26H21F3O4/c27-17-3-1-15(22(29)11-17)9-14-2-7-21(28)26-20(14)6-8-23(26)33-18-4-5-19-16(10-25(30)31)13-32-24(19)12-18/h1-5,7,11-12,16,23H,6,8-10,13H2,(H,30,31). The summed E-state index contributed by atoms with van der Waals surface area (Å²) in [5.74, 6) is -1.64. The smallest absolute Gasteiger partial charge is 0.304 e. The summed E-state index contributed by atoms with van der Waals surface area (Å²) in [6, 6.07) is 11.7. The van der Waals surface area contributed by atoms with Gasteiger partial charge in [0.1, 0.15) is 35.1 Å². The van der Waals surface area contributed by atoms with Crippen LogP contribution in [0.25, 0.3) is 0 Å². The van der Waals surface area contributed by atoms with E-state index in [1.165, 1.54) is 18.2 Å². The lowest BCUT2D eigenvalue weighted by atomic mass is 9.96. The molecular formula is C26H21F3O4. The Morgan fingerprint density at radius 1 is 1.03 bits per heavy atom. The van der Waals surface area contributed by atoms with Crippen LogP contribution in [-0.4, -0.2) is 17.7 Å². The SMILES string of the molecule is O=C(O)CC1COc2cc(OC3CCc4c(Cc5ccc(F)cc5F)ccc(F)c43)ccc21. The Hall–Kier alpha value is -3.48. The van der Waals surface area contributed by atoms with Crippen LogP contribution in [0.1, 0.15) is 52.7 Å². The Labute approximate surface area is 188 Å². The summed E-state index contributed by atoms with van der Waals surface area (Å²) in [5.41, 5.74) is 3.22. The molecule has 1 heterocycles. The molecule has 1 aliphatic heterocycles. The summed E-state index contributed by atoms with van der Waals surface area (Å²) in [6.45, 7) is 0.301. The van der Waals surface area contributed by atoms with Crippen LogP contribution in [-0.2, 0) is 17.6 Å². The zero-order valence-corrected chi connectivity index (χ0v) is 17.6. The molecule has 7 heteroatoms. The number of rotatable bonds is 6. The normalized spacial score (nSPS) is 18.5. The van der Waals surface area contributed by atoms with E-state index in [1.807, 2.05) is 0 Å².